The topological polar surface area (TPSA) is 72.2 Å². The fourth-order valence-corrected chi connectivity index (χ4v) is 1.11. The highest BCUT2D eigenvalue weighted by Crippen LogP contribution is 1.96. The molecule has 0 heterocycles. The minimum atomic E-state index is 0.0748. The van der Waals surface area contributed by atoms with E-state index >= 15 is 0 Å². The van der Waals surface area contributed by atoms with Crippen molar-refractivity contribution < 1.29 is 9.59 Å². The molecule has 1 amide bonds. The Bertz CT molecular complexity index is 160. The molecule has 14 heavy (non-hydrogen) atoms. The van der Waals surface area contributed by atoms with Gasteiger partial charge in [0.05, 0.1) is 0 Å². The monoisotopic (exact) mass is 200 g/mol. The van der Waals surface area contributed by atoms with Crippen molar-refractivity contribution in [1.82, 2.24) is 5.32 Å². The summed E-state index contributed by atoms with van der Waals surface area (Å²) in [5.41, 5.74) is 5.27. The van der Waals surface area contributed by atoms with Gasteiger partial charge in [-0.15, -0.1) is 0 Å². The number of aldehydes is 1. The van der Waals surface area contributed by atoms with Gasteiger partial charge in [-0.2, -0.15) is 0 Å². The van der Waals surface area contributed by atoms with E-state index in [0.717, 1.165) is 32.0 Å². The Hall–Kier alpha value is -0.900. The SMILES string of the molecule is NCCCC(=O)NCCCCCC=O. The van der Waals surface area contributed by atoms with E-state index in [1.807, 2.05) is 0 Å². The summed E-state index contributed by atoms with van der Waals surface area (Å²) in [6.07, 6.45) is 5.68. The van der Waals surface area contributed by atoms with Crippen LogP contribution in [0.2, 0.25) is 0 Å². The van der Waals surface area contributed by atoms with E-state index in [2.05, 4.69) is 5.32 Å². The van der Waals surface area contributed by atoms with Crippen LogP contribution in [0.5, 0.6) is 0 Å². The van der Waals surface area contributed by atoms with Crippen molar-refractivity contribution in [3.8, 4) is 0 Å². The Morgan fingerprint density at radius 3 is 2.64 bits per heavy atom. The zero-order valence-corrected chi connectivity index (χ0v) is 8.63. The van der Waals surface area contributed by atoms with Gasteiger partial charge in [0, 0.05) is 19.4 Å². The molecule has 4 heteroatoms. The molecule has 0 aliphatic rings. The highest BCUT2D eigenvalue weighted by molar-refractivity contribution is 5.75. The third-order valence-corrected chi connectivity index (χ3v) is 1.93. The van der Waals surface area contributed by atoms with Crippen molar-refractivity contribution in [3.63, 3.8) is 0 Å². The number of hydrogen-bond donors (Lipinski definition) is 2. The van der Waals surface area contributed by atoms with Crippen LogP contribution >= 0.6 is 0 Å². The molecule has 3 N–H and O–H groups in total. The standard InChI is InChI=1S/C10H20N2O2/c11-7-5-6-10(14)12-8-3-1-2-4-9-13/h9H,1-8,11H2,(H,12,14). The predicted molar refractivity (Wildman–Crippen MR) is 55.8 cm³/mol. The molecule has 0 aromatic heterocycles. The highest BCUT2D eigenvalue weighted by atomic mass is 16.1. The minimum Gasteiger partial charge on any atom is -0.356 e. The number of amides is 1. The lowest BCUT2D eigenvalue weighted by molar-refractivity contribution is -0.121. The third kappa shape index (κ3) is 9.19. The van der Waals surface area contributed by atoms with Crippen LogP contribution in [-0.4, -0.2) is 25.3 Å². The van der Waals surface area contributed by atoms with Crippen molar-refractivity contribution in [2.24, 2.45) is 5.73 Å². The van der Waals surface area contributed by atoms with Gasteiger partial charge in [0.25, 0.3) is 0 Å². The molecular weight excluding hydrogens is 180 g/mol. The molecule has 0 aromatic carbocycles. The average molecular weight is 200 g/mol. The molecule has 0 unspecified atom stereocenters. The molecule has 0 aliphatic heterocycles. The van der Waals surface area contributed by atoms with Gasteiger partial charge >= 0.3 is 0 Å². The van der Waals surface area contributed by atoms with Crippen LogP contribution < -0.4 is 11.1 Å². The molecule has 0 spiro atoms. The van der Waals surface area contributed by atoms with Gasteiger partial charge < -0.3 is 15.8 Å². The zero-order chi connectivity index (χ0) is 10.6. The van der Waals surface area contributed by atoms with Crippen molar-refractivity contribution >= 4 is 12.2 Å². The summed E-state index contributed by atoms with van der Waals surface area (Å²) in [5, 5.41) is 2.81. The molecule has 0 saturated heterocycles. The Labute approximate surface area is 85.2 Å². The van der Waals surface area contributed by atoms with Gasteiger partial charge in [0.1, 0.15) is 6.29 Å². The van der Waals surface area contributed by atoms with Crippen LogP contribution in [0, 0.1) is 0 Å². The number of nitrogens with one attached hydrogen (secondary N) is 1. The number of carbonyl (C=O) groups is 2. The summed E-state index contributed by atoms with van der Waals surface area (Å²) >= 11 is 0. The van der Waals surface area contributed by atoms with Gasteiger partial charge in [-0.05, 0) is 25.8 Å². The van der Waals surface area contributed by atoms with Gasteiger partial charge in [-0.25, -0.2) is 0 Å². The number of carbonyl (C=O) groups excluding carboxylic acids is 2. The van der Waals surface area contributed by atoms with Crippen LogP contribution in [0.15, 0.2) is 0 Å². The number of unbranched alkanes of at least 4 members (excludes halogenated alkanes) is 3. The van der Waals surface area contributed by atoms with Crippen molar-refractivity contribution in [2.75, 3.05) is 13.1 Å². The van der Waals surface area contributed by atoms with Gasteiger partial charge in [0.15, 0.2) is 0 Å². The molecule has 0 aromatic rings. The first-order valence-electron chi connectivity index (χ1n) is 5.21. The van der Waals surface area contributed by atoms with E-state index in [1.54, 1.807) is 0 Å². The first-order valence-corrected chi connectivity index (χ1v) is 5.21. The summed E-state index contributed by atoms with van der Waals surface area (Å²) in [6, 6.07) is 0. The van der Waals surface area contributed by atoms with Crippen molar-refractivity contribution in [1.29, 1.82) is 0 Å². The maximum Gasteiger partial charge on any atom is 0.220 e. The molecule has 0 rings (SSSR count). The molecule has 0 radical (unpaired) electrons. The maximum absolute atomic E-state index is 11.1. The molecule has 0 saturated carbocycles. The zero-order valence-electron chi connectivity index (χ0n) is 8.63. The van der Waals surface area contributed by atoms with Crippen molar-refractivity contribution in [2.45, 2.75) is 38.5 Å². The lowest BCUT2D eigenvalue weighted by Crippen LogP contribution is -2.24. The van der Waals surface area contributed by atoms with E-state index in [1.165, 1.54) is 0 Å². The molecule has 0 fully saturated rings. The summed E-state index contributed by atoms with van der Waals surface area (Å²) < 4.78 is 0. The Balaban J connectivity index is 3.10. The first-order chi connectivity index (χ1) is 6.81. The normalized spacial score (nSPS) is 9.79. The fourth-order valence-electron chi connectivity index (χ4n) is 1.11. The number of rotatable bonds is 9. The average Bonchev–Trinajstić information content (AvgIpc) is 2.20. The molecule has 0 atom stereocenters. The number of nitrogens with two attached hydrogens (primary N) is 1. The Morgan fingerprint density at radius 2 is 2.00 bits per heavy atom. The van der Waals surface area contributed by atoms with Gasteiger partial charge in [-0.1, -0.05) is 6.42 Å². The van der Waals surface area contributed by atoms with Crippen LogP contribution in [0.3, 0.4) is 0 Å². The van der Waals surface area contributed by atoms with E-state index < -0.39 is 0 Å². The van der Waals surface area contributed by atoms with E-state index in [9.17, 15) is 9.59 Å². The molecule has 0 aliphatic carbocycles. The lowest BCUT2D eigenvalue weighted by Gasteiger charge is -2.03. The van der Waals surface area contributed by atoms with Crippen LogP contribution in [-0.2, 0) is 9.59 Å². The molecule has 0 bridgehead atoms. The first kappa shape index (κ1) is 13.1. The van der Waals surface area contributed by atoms with Crippen molar-refractivity contribution in [3.05, 3.63) is 0 Å². The maximum atomic E-state index is 11.1. The highest BCUT2D eigenvalue weighted by Gasteiger charge is 1.98. The predicted octanol–water partition coefficient (Wildman–Crippen LogP) is 0.601. The second-order valence-electron chi connectivity index (χ2n) is 3.26. The van der Waals surface area contributed by atoms with E-state index in [4.69, 9.17) is 5.73 Å². The number of hydrogen-bond acceptors (Lipinski definition) is 3. The largest absolute Gasteiger partial charge is 0.356 e. The Kier molecular flexibility index (Phi) is 9.53. The second kappa shape index (κ2) is 10.2. The smallest absolute Gasteiger partial charge is 0.220 e. The van der Waals surface area contributed by atoms with Crippen LogP contribution in [0.25, 0.3) is 0 Å². The van der Waals surface area contributed by atoms with Gasteiger partial charge in [0.2, 0.25) is 5.91 Å². The second-order valence-corrected chi connectivity index (χ2v) is 3.26. The minimum absolute atomic E-state index is 0.0748. The summed E-state index contributed by atoms with van der Waals surface area (Å²) in [4.78, 5) is 21.1. The van der Waals surface area contributed by atoms with Gasteiger partial charge in [-0.3, -0.25) is 4.79 Å². The molecule has 4 nitrogen and oxygen atoms in total. The van der Waals surface area contributed by atoms with Crippen LogP contribution in [0.1, 0.15) is 38.5 Å². The summed E-state index contributed by atoms with van der Waals surface area (Å²) in [7, 11) is 0. The summed E-state index contributed by atoms with van der Waals surface area (Å²) in [6.45, 7) is 1.27. The Morgan fingerprint density at radius 1 is 1.21 bits per heavy atom. The fraction of sp³-hybridized carbons (Fsp3) is 0.800. The molecular formula is C10H20N2O2. The van der Waals surface area contributed by atoms with E-state index in [0.29, 0.717) is 25.9 Å². The summed E-state index contributed by atoms with van der Waals surface area (Å²) in [5.74, 6) is 0.0748. The molecule has 82 valence electrons. The third-order valence-electron chi connectivity index (χ3n) is 1.93. The quantitative estimate of drug-likeness (QED) is 0.423. The van der Waals surface area contributed by atoms with Crippen LogP contribution in [0.4, 0.5) is 0 Å². The lowest BCUT2D eigenvalue weighted by atomic mass is 10.2. The van der Waals surface area contributed by atoms with E-state index in [-0.39, 0.29) is 5.91 Å².